The van der Waals surface area contributed by atoms with Gasteiger partial charge in [0.1, 0.15) is 0 Å². The Morgan fingerprint density at radius 1 is 1.44 bits per heavy atom. The van der Waals surface area contributed by atoms with Crippen molar-refractivity contribution in [3.8, 4) is 0 Å². The lowest BCUT2D eigenvalue weighted by Gasteiger charge is -2.13. The molecular weight excluding hydrogens is 225 g/mol. The van der Waals surface area contributed by atoms with Crippen LogP contribution in [0.15, 0.2) is 24.3 Å². The van der Waals surface area contributed by atoms with Crippen molar-refractivity contribution in [2.24, 2.45) is 5.73 Å². The Hall–Kier alpha value is -1.76. The van der Waals surface area contributed by atoms with E-state index >= 15 is 0 Å². The first-order valence-electron chi connectivity index (χ1n) is 4.22. The number of rotatable bonds is 2. The van der Waals surface area contributed by atoms with E-state index < -0.39 is 17.8 Å². The van der Waals surface area contributed by atoms with Crippen molar-refractivity contribution in [2.45, 2.75) is 12.7 Å². The first kappa shape index (κ1) is 12.3. The summed E-state index contributed by atoms with van der Waals surface area (Å²) in [7, 11) is 0. The number of primary amides is 1. The van der Waals surface area contributed by atoms with E-state index in [-0.39, 0.29) is 17.2 Å². The molecule has 0 fully saturated rings. The van der Waals surface area contributed by atoms with Crippen LogP contribution in [0.1, 0.15) is 11.1 Å². The minimum atomic E-state index is -4.46. The molecule has 1 aromatic carbocycles. The van der Waals surface area contributed by atoms with E-state index in [9.17, 15) is 18.0 Å². The van der Waals surface area contributed by atoms with Crippen LogP contribution in [-0.2, 0) is 12.7 Å². The molecule has 0 aliphatic carbocycles. The summed E-state index contributed by atoms with van der Waals surface area (Å²) in [5, 5.41) is 9.09. The molecule has 0 aromatic heterocycles. The van der Waals surface area contributed by atoms with Crippen molar-refractivity contribution in [3.63, 3.8) is 0 Å². The largest absolute Gasteiger partial charge is 0.416 e. The summed E-state index contributed by atoms with van der Waals surface area (Å²) in [6.45, 7) is -0.390. The number of amides is 2. The van der Waals surface area contributed by atoms with E-state index in [0.717, 1.165) is 12.1 Å². The third kappa shape index (κ3) is 3.13. The SMILES string of the molecule is NC(=O)N(O)Cc1cccc(C(F)(F)F)c1. The number of hydrogen-bond donors (Lipinski definition) is 2. The molecule has 0 heterocycles. The zero-order valence-corrected chi connectivity index (χ0v) is 8.03. The van der Waals surface area contributed by atoms with Gasteiger partial charge in [0.2, 0.25) is 0 Å². The number of nitrogens with two attached hydrogens (primary N) is 1. The van der Waals surface area contributed by atoms with E-state index in [2.05, 4.69) is 0 Å². The lowest BCUT2D eigenvalue weighted by molar-refractivity contribution is -0.137. The molecule has 0 aliphatic heterocycles. The molecule has 0 aliphatic rings. The highest BCUT2D eigenvalue weighted by molar-refractivity contribution is 5.70. The van der Waals surface area contributed by atoms with Crippen LogP contribution in [0.25, 0.3) is 0 Å². The predicted octanol–water partition coefficient (Wildman–Crippen LogP) is 1.98. The van der Waals surface area contributed by atoms with E-state index in [1.165, 1.54) is 12.1 Å². The van der Waals surface area contributed by atoms with Gasteiger partial charge in [0, 0.05) is 0 Å². The van der Waals surface area contributed by atoms with Crippen molar-refractivity contribution in [1.82, 2.24) is 5.06 Å². The zero-order chi connectivity index (χ0) is 12.3. The molecule has 1 aromatic rings. The van der Waals surface area contributed by atoms with E-state index in [1.54, 1.807) is 0 Å². The van der Waals surface area contributed by atoms with Crippen molar-refractivity contribution in [2.75, 3.05) is 0 Å². The van der Waals surface area contributed by atoms with Crippen molar-refractivity contribution in [3.05, 3.63) is 35.4 Å². The Bertz CT molecular complexity index is 393. The molecule has 0 bridgehead atoms. The molecule has 16 heavy (non-hydrogen) atoms. The van der Waals surface area contributed by atoms with Gasteiger partial charge in [-0.15, -0.1) is 0 Å². The van der Waals surface area contributed by atoms with Crippen LogP contribution in [0.4, 0.5) is 18.0 Å². The summed E-state index contributed by atoms with van der Waals surface area (Å²) in [5.74, 6) is 0. The average Bonchev–Trinajstić information content (AvgIpc) is 2.16. The Labute approximate surface area is 89.0 Å². The van der Waals surface area contributed by atoms with E-state index in [4.69, 9.17) is 10.9 Å². The maximum absolute atomic E-state index is 12.3. The van der Waals surface area contributed by atoms with Gasteiger partial charge in [0.05, 0.1) is 12.1 Å². The third-order valence-corrected chi connectivity index (χ3v) is 1.84. The summed E-state index contributed by atoms with van der Waals surface area (Å²) < 4.78 is 36.9. The number of halogens is 3. The Kier molecular flexibility index (Phi) is 3.38. The third-order valence-electron chi connectivity index (χ3n) is 1.84. The van der Waals surface area contributed by atoms with Gasteiger partial charge in [-0.3, -0.25) is 5.21 Å². The first-order valence-corrected chi connectivity index (χ1v) is 4.22. The van der Waals surface area contributed by atoms with Crippen LogP contribution in [0.3, 0.4) is 0 Å². The number of nitrogens with zero attached hydrogens (tertiary/aromatic N) is 1. The molecule has 7 heteroatoms. The van der Waals surface area contributed by atoms with Crippen LogP contribution in [-0.4, -0.2) is 16.3 Å². The summed E-state index contributed by atoms with van der Waals surface area (Å²) in [5.41, 5.74) is 4.01. The maximum atomic E-state index is 12.3. The number of carbonyl (C=O) groups is 1. The van der Waals surface area contributed by atoms with Crippen LogP contribution in [0, 0.1) is 0 Å². The Balaban J connectivity index is 2.87. The molecule has 4 nitrogen and oxygen atoms in total. The Morgan fingerprint density at radius 3 is 2.56 bits per heavy atom. The second kappa shape index (κ2) is 4.40. The fourth-order valence-electron chi connectivity index (χ4n) is 1.10. The van der Waals surface area contributed by atoms with Gasteiger partial charge >= 0.3 is 12.2 Å². The number of hydroxylamine groups is 2. The predicted molar refractivity (Wildman–Crippen MR) is 48.4 cm³/mol. The molecule has 0 atom stereocenters. The highest BCUT2D eigenvalue weighted by atomic mass is 19.4. The van der Waals surface area contributed by atoms with Gasteiger partial charge in [0.25, 0.3) is 0 Å². The second-order valence-electron chi connectivity index (χ2n) is 3.09. The van der Waals surface area contributed by atoms with Crippen molar-refractivity contribution in [1.29, 1.82) is 0 Å². The van der Waals surface area contributed by atoms with Crippen LogP contribution in [0.5, 0.6) is 0 Å². The van der Waals surface area contributed by atoms with Crippen LogP contribution in [0.2, 0.25) is 0 Å². The lowest BCUT2D eigenvalue weighted by atomic mass is 10.1. The lowest BCUT2D eigenvalue weighted by Crippen LogP contribution is -2.32. The van der Waals surface area contributed by atoms with Crippen molar-refractivity contribution >= 4 is 6.03 Å². The van der Waals surface area contributed by atoms with Crippen LogP contribution < -0.4 is 5.73 Å². The summed E-state index contributed by atoms with van der Waals surface area (Å²) >= 11 is 0. The quantitative estimate of drug-likeness (QED) is 0.606. The van der Waals surface area contributed by atoms with Gasteiger partial charge in [-0.2, -0.15) is 13.2 Å². The highest BCUT2D eigenvalue weighted by Crippen LogP contribution is 2.29. The molecule has 0 saturated heterocycles. The fraction of sp³-hybridized carbons (Fsp3) is 0.222. The normalized spacial score (nSPS) is 11.2. The van der Waals surface area contributed by atoms with Gasteiger partial charge in [-0.25, -0.2) is 9.86 Å². The molecule has 0 saturated carbocycles. The minimum absolute atomic E-state index is 0.134. The average molecular weight is 234 g/mol. The molecule has 88 valence electrons. The minimum Gasteiger partial charge on any atom is -0.350 e. The van der Waals surface area contributed by atoms with Crippen molar-refractivity contribution < 1.29 is 23.2 Å². The first-order chi connectivity index (χ1) is 7.30. The van der Waals surface area contributed by atoms with Gasteiger partial charge in [-0.1, -0.05) is 12.1 Å². The molecule has 1 rings (SSSR count). The van der Waals surface area contributed by atoms with E-state index in [1.807, 2.05) is 0 Å². The second-order valence-corrected chi connectivity index (χ2v) is 3.09. The monoisotopic (exact) mass is 234 g/mol. The number of urea groups is 1. The Morgan fingerprint density at radius 2 is 2.06 bits per heavy atom. The summed E-state index contributed by atoms with van der Waals surface area (Å²) in [6.07, 6.45) is -4.46. The molecule has 0 radical (unpaired) electrons. The topological polar surface area (TPSA) is 66.6 Å². The number of alkyl halides is 3. The standard InChI is InChI=1S/C9H9F3N2O2/c10-9(11,12)7-3-1-2-6(4-7)5-14(16)8(13)15/h1-4,16H,5H2,(H2,13,15). The highest BCUT2D eigenvalue weighted by Gasteiger charge is 2.30. The van der Waals surface area contributed by atoms with E-state index in [0.29, 0.717) is 0 Å². The number of carbonyl (C=O) groups excluding carboxylic acids is 1. The van der Waals surface area contributed by atoms with Gasteiger partial charge in [-0.05, 0) is 17.7 Å². The fourth-order valence-corrected chi connectivity index (χ4v) is 1.10. The summed E-state index contributed by atoms with van der Waals surface area (Å²) in [6, 6.07) is 3.15. The molecular formula is C9H9F3N2O2. The molecule has 3 N–H and O–H groups in total. The number of benzene rings is 1. The van der Waals surface area contributed by atoms with Crippen LogP contribution >= 0.6 is 0 Å². The summed E-state index contributed by atoms with van der Waals surface area (Å²) in [4.78, 5) is 10.5. The number of hydrogen-bond acceptors (Lipinski definition) is 2. The maximum Gasteiger partial charge on any atom is 0.416 e. The van der Waals surface area contributed by atoms with Gasteiger partial charge < -0.3 is 5.73 Å². The molecule has 0 unspecified atom stereocenters. The zero-order valence-electron chi connectivity index (χ0n) is 8.03. The molecule has 2 amide bonds. The van der Waals surface area contributed by atoms with Gasteiger partial charge in [0.15, 0.2) is 0 Å². The molecule has 0 spiro atoms. The smallest absolute Gasteiger partial charge is 0.350 e.